The van der Waals surface area contributed by atoms with Crippen molar-refractivity contribution in [3.63, 3.8) is 0 Å². The summed E-state index contributed by atoms with van der Waals surface area (Å²) in [6.07, 6.45) is 0. The number of rotatable bonds is 6. The number of nitrogens with one attached hydrogen (secondary N) is 2. The van der Waals surface area contributed by atoms with E-state index in [0.717, 1.165) is 0 Å². The largest absolute Gasteiger partial charge is 0.352 e. The van der Waals surface area contributed by atoms with E-state index in [1.54, 1.807) is 49.5 Å². The van der Waals surface area contributed by atoms with Gasteiger partial charge in [0.25, 0.3) is 15.9 Å². The molecule has 0 unspecified atom stereocenters. The van der Waals surface area contributed by atoms with Gasteiger partial charge in [-0.2, -0.15) is 8.42 Å². The zero-order chi connectivity index (χ0) is 21.9. The molecule has 2 aromatic rings. The van der Waals surface area contributed by atoms with Gasteiger partial charge in [0.2, 0.25) is 5.91 Å². The predicted molar refractivity (Wildman–Crippen MR) is 115 cm³/mol. The van der Waals surface area contributed by atoms with Crippen molar-refractivity contribution in [2.75, 3.05) is 25.5 Å². The number of fused-ring (bicyclic) bond motifs is 1. The minimum Gasteiger partial charge on any atom is -0.352 e. The number of hydrogen-bond acceptors (Lipinski definition) is 5. The summed E-state index contributed by atoms with van der Waals surface area (Å²) in [4.78, 5) is 26.6. The zero-order valence-corrected chi connectivity index (χ0v) is 17.9. The molecule has 2 aromatic carbocycles. The van der Waals surface area contributed by atoms with Crippen molar-refractivity contribution in [2.45, 2.75) is 18.7 Å². The van der Waals surface area contributed by atoms with E-state index >= 15 is 0 Å². The second-order valence-electron chi connectivity index (χ2n) is 7.44. The summed E-state index contributed by atoms with van der Waals surface area (Å²) in [5.41, 5.74) is 1.21. The quantitative estimate of drug-likeness (QED) is 0.733. The minimum atomic E-state index is -3.76. The lowest BCUT2D eigenvalue weighted by molar-refractivity contribution is -0.116. The molecule has 1 heterocycles. The Balaban J connectivity index is 1.72. The monoisotopic (exact) mass is 428 g/mol. The summed E-state index contributed by atoms with van der Waals surface area (Å²) < 4.78 is 28.2. The molecule has 0 spiro atoms. The van der Waals surface area contributed by atoms with Crippen LogP contribution >= 0.6 is 0 Å². The highest BCUT2D eigenvalue weighted by Crippen LogP contribution is 2.27. The molecule has 0 aliphatic carbocycles. The summed E-state index contributed by atoms with van der Waals surface area (Å²) >= 11 is 0. The van der Waals surface area contributed by atoms with Crippen LogP contribution in [0.25, 0.3) is 0 Å². The molecule has 1 aliphatic heterocycles. The first kappa shape index (κ1) is 21.5. The van der Waals surface area contributed by atoms with Crippen LogP contribution in [0.4, 0.5) is 5.69 Å². The number of likely N-dealkylation sites (N-methyl/N-ethyl adjacent to an activating group) is 1. The Kier molecular flexibility index (Phi) is 6.21. The molecule has 2 amide bonds. The van der Waals surface area contributed by atoms with Gasteiger partial charge in [-0.15, -0.1) is 4.40 Å². The number of amides is 2. The van der Waals surface area contributed by atoms with Gasteiger partial charge in [-0.3, -0.25) is 9.59 Å². The van der Waals surface area contributed by atoms with Crippen LogP contribution in [-0.4, -0.2) is 51.1 Å². The molecule has 30 heavy (non-hydrogen) atoms. The third kappa shape index (κ3) is 4.68. The fourth-order valence-electron chi connectivity index (χ4n) is 3.03. The van der Waals surface area contributed by atoms with Gasteiger partial charge in [-0.05, 0) is 30.2 Å². The number of carbonyl (C=O) groups excluding carboxylic acids is 2. The number of benzene rings is 2. The molecule has 8 nitrogen and oxygen atoms in total. The molecule has 0 saturated carbocycles. The van der Waals surface area contributed by atoms with Crippen LogP contribution in [0.2, 0.25) is 0 Å². The fourth-order valence-corrected chi connectivity index (χ4v) is 4.28. The lowest BCUT2D eigenvalue weighted by Crippen LogP contribution is -2.35. The second kappa shape index (κ2) is 8.66. The number of amidine groups is 1. The van der Waals surface area contributed by atoms with E-state index in [1.165, 1.54) is 11.0 Å². The predicted octanol–water partition coefficient (Wildman–Crippen LogP) is 2.09. The van der Waals surface area contributed by atoms with Gasteiger partial charge >= 0.3 is 0 Å². The van der Waals surface area contributed by atoms with E-state index < -0.39 is 15.9 Å². The second-order valence-corrected chi connectivity index (χ2v) is 9.01. The van der Waals surface area contributed by atoms with Gasteiger partial charge in [0.1, 0.15) is 4.90 Å². The molecule has 1 aliphatic rings. The lowest BCUT2D eigenvalue weighted by atomic mass is 10.1. The molecular formula is C21H24N4O4S. The first-order valence-corrected chi connectivity index (χ1v) is 11.0. The number of sulfonamides is 1. The highest BCUT2D eigenvalue weighted by molar-refractivity contribution is 7.90. The third-order valence-corrected chi connectivity index (χ3v) is 5.80. The summed E-state index contributed by atoms with van der Waals surface area (Å²) in [5, 5.41) is 5.56. The highest BCUT2D eigenvalue weighted by atomic mass is 32.2. The van der Waals surface area contributed by atoms with Gasteiger partial charge in [0.15, 0.2) is 5.84 Å². The Hall–Kier alpha value is -3.20. The van der Waals surface area contributed by atoms with Gasteiger partial charge in [-0.25, -0.2) is 0 Å². The number of anilines is 1. The summed E-state index contributed by atoms with van der Waals surface area (Å²) in [7, 11) is -2.17. The van der Waals surface area contributed by atoms with Gasteiger partial charge in [0, 0.05) is 19.2 Å². The van der Waals surface area contributed by atoms with E-state index in [4.69, 9.17) is 0 Å². The first-order valence-electron chi connectivity index (χ1n) is 9.51. The van der Waals surface area contributed by atoms with Gasteiger partial charge in [0.05, 0.1) is 17.8 Å². The molecule has 158 valence electrons. The molecule has 0 radical (unpaired) electrons. The molecule has 0 fully saturated rings. The van der Waals surface area contributed by atoms with Crippen LogP contribution in [0.3, 0.4) is 0 Å². The lowest BCUT2D eigenvalue weighted by Gasteiger charge is -2.19. The van der Waals surface area contributed by atoms with Crippen LogP contribution in [0.1, 0.15) is 29.8 Å². The molecule has 9 heteroatoms. The number of hydrogen-bond donors (Lipinski definition) is 2. The first-order chi connectivity index (χ1) is 14.2. The van der Waals surface area contributed by atoms with Gasteiger partial charge < -0.3 is 15.5 Å². The molecule has 0 aromatic heterocycles. The standard InChI is InChI=1S/C21H24N4O4S/c1-14(2)12-22-21(27)15-8-4-6-10-17(15)23-19(26)13-25(3)20-16-9-5-7-11-18(16)30(28,29)24-20/h4-11,14H,12-13H2,1-3H3,(H,22,27)(H,23,26). The number of para-hydroxylation sites is 1. The normalized spacial score (nSPS) is 14.1. The van der Waals surface area contributed by atoms with Crippen molar-refractivity contribution >= 4 is 33.4 Å². The summed E-state index contributed by atoms with van der Waals surface area (Å²) in [6.45, 7) is 4.38. The molecule has 2 N–H and O–H groups in total. The Morgan fingerprint density at radius 1 is 1.07 bits per heavy atom. The average Bonchev–Trinajstić information content (AvgIpc) is 2.98. The molecule has 0 atom stereocenters. The Bertz CT molecular complexity index is 1110. The van der Waals surface area contributed by atoms with Gasteiger partial charge in [-0.1, -0.05) is 38.1 Å². The van der Waals surface area contributed by atoms with E-state index in [0.29, 0.717) is 29.3 Å². The van der Waals surface area contributed by atoms with Crippen LogP contribution in [0, 0.1) is 5.92 Å². The maximum atomic E-state index is 12.6. The van der Waals surface area contributed by atoms with Crippen molar-refractivity contribution in [3.05, 3.63) is 59.7 Å². The fraction of sp³-hybridized carbons (Fsp3) is 0.286. The van der Waals surface area contributed by atoms with Crippen molar-refractivity contribution in [3.8, 4) is 0 Å². The van der Waals surface area contributed by atoms with Crippen molar-refractivity contribution in [2.24, 2.45) is 10.3 Å². The Morgan fingerprint density at radius 2 is 1.73 bits per heavy atom. The van der Waals surface area contributed by atoms with E-state index in [-0.39, 0.29) is 23.2 Å². The Labute approximate surface area is 176 Å². The van der Waals surface area contributed by atoms with Crippen LogP contribution in [0.15, 0.2) is 57.8 Å². The van der Waals surface area contributed by atoms with Crippen LogP contribution in [0.5, 0.6) is 0 Å². The van der Waals surface area contributed by atoms with E-state index in [1.807, 2.05) is 13.8 Å². The van der Waals surface area contributed by atoms with E-state index in [2.05, 4.69) is 15.0 Å². The number of nitrogens with zero attached hydrogens (tertiary/aromatic N) is 2. The minimum absolute atomic E-state index is 0.124. The third-order valence-electron chi connectivity index (χ3n) is 4.47. The highest BCUT2D eigenvalue weighted by Gasteiger charge is 2.31. The maximum Gasteiger partial charge on any atom is 0.285 e. The van der Waals surface area contributed by atoms with Crippen molar-refractivity contribution in [1.29, 1.82) is 0 Å². The maximum absolute atomic E-state index is 12.6. The zero-order valence-electron chi connectivity index (χ0n) is 17.0. The topological polar surface area (TPSA) is 108 Å². The molecule has 0 bridgehead atoms. The number of carbonyl (C=O) groups is 2. The molecular weight excluding hydrogens is 404 g/mol. The SMILES string of the molecule is CC(C)CNC(=O)c1ccccc1NC(=O)CN(C)C1=NS(=O)(=O)c2ccccc21. The smallest absolute Gasteiger partial charge is 0.285 e. The summed E-state index contributed by atoms with van der Waals surface area (Å²) in [5.74, 6) is -0.154. The Morgan fingerprint density at radius 3 is 2.47 bits per heavy atom. The average molecular weight is 429 g/mol. The van der Waals surface area contributed by atoms with Crippen molar-refractivity contribution in [1.82, 2.24) is 10.2 Å². The summed E-state index contributed by atoms with van der Waals surface area (Å²) in [6, 6.07) is 13.2. The van der Waals surface area contributed by atoms with Crippen LogP contribution < -0.4 is 10.6 Å². The van der Waals surface area contributed by atoms with Crippen molar-refractivity contribution < 1.29 is 18.0 Å². The van der Waals surface area contributed by atoms with Crippen LogP contribution in [-0.2, 0) is 14.8 Å². The molecule has 0 saturated heterocycles. The molecule has 3 rings (SSSR count). The van der Waals surface area contributed by atoms with E-state index in [9.17, 15) is 18.0 Å².